The van der Waals surface area contributed by atoms with Crippen LogP contribution in [0.2, 0.25) is 5.02 Å². The Balaban J connectivity index is 2.26. The summed E-state index contributed by atoms with van der Waals surface area (Å²) in [6.07, 6.45) is 0.642. The van der Waals surface area contributed by atoms with Crippen molar-refractivity contribution in [3.8, 4) is 0 Å². The number of rotatable bonds is 4. The van der Waals surface area contributed by atoms with Gasteiger partial charge in [-0.15, -0.1) is 11.6 Å². The summed E-state index contributed by atoms with van der Waals surface area (Å²) in [5, 5.41) is 0.587. The highest BCUT2D eigenvalue weighted by molar-refractivity contribution is 6.31. The van der Waals surface area contributed by atoms with Gasteiger partial charge in [0.05, 0.1) is 0 Å². The largest absolute Gasteiger partial charge is 0.207 e. The molecule has 0 aliphatic carbocycles. The summed E-state index contributed by atoms with van der Waals surface area (Å²) in [5.41, 5.74) is 3.15. The predicted octanol–water partition coefficient (Wildman–Crippen LogP) is 5.35. The van der Waals surface area contributed by atoms with Crippen LogP contribution in [0.4, 0.5) is 4.39 Å². The first-order chi connectivity index (χ1) is 9.10. The Bertz CT molecular complexity index is 566. The van der Waals surface area contributed by atoms with Crippen molar-refractivity contribution in [2.45, 2.75) is 19.3 Å². The number of hydrogen-bond acceptors (Lipinski definition) is 0. The third-order valence-electron chi connectivity index (χ3n) is 3.17. The molecular weight excluding hydrogens is 282 g/mol. The number of benzene rings is 2. The van der Waals surface area contributed by atoms with E-state index in [-0.39, 0.29) is 11.7 Å². The molecule has 0 heterocycles. The number of aryl methyl sites for hydroxylation is 1. The molecule has 3 heteroatoms. The number of hydrogen-bond donors (Lipinski definition) is 0. The Morgan fingerprint density at radius 1 is 1.16 bits per heavy atom. The molecule has 0 aliphatic heterocycles. The molecule has 2 aromatic rings. The van der Waals surface area contributed by atoms with Gasteiger partial charge >= 0.3 is 0 Å². The van der Waals surface area contributed by atoms with Crippen LogP contribution in [0.3, 0.4) is 0 Å². The second-order valence-electron chi connectivity index (χ2n) is 4.71. The van der Waals surface area contributed by atoms with E-state index in [1.54, 1.807) is 6.07 Å². The van der Waals surface area contributed by atoms with Crippen LogP contribution in [0.1, 0.15) is 22.6 Å². The van der Waals surface area contributed by atoms with Crippen molar-refractivity contribution in [1.29, 1.82) is 0 Å². The van der Waals surface area contributed by atoms with Crippen LogP contribution >= 0.6 is 23.2 Å². The van der Waals surface area contributed by atoms with Gasteiger partial charge in [0.25, 0.3) is 0 Å². The molecule has 100 valence electrons. The minimum atomic E-state index is -0.267. The monoisotopic (exact) mass is 296 g/mol. The molecule has 0 aromatic heterocycles. The van der Waals surface area contributed by atoms with Gasteiger partial charge in [0.15, 0.2) is 0 Å². The van der Waals surface area contributed by atoms with Crippen molar-refractivity contribution in [1.82, 2.24) is 0 Å². The van der Waals surface area contributed by atoms with E-state index in [9.17, 15) is 4.39 Å². The quantitative estimate of drug-likeness (QED) is 0.667. The normalized spacial score (nSPS) is 12.4. The van der Waals surface area contributed by atoms with E-state index in [4.69, 9.17) is 23.2 Å². The zero-order valence-corrected chi connectivity index (χ0v) is 12.2. The van der Waals surface area contributed by atoms with Gasteiger partial charge < -0.3 is 0 Å². The van der Waals surface area contributed by atoms with Crippen LogP contribution in [0.5, 0.6) is 0 Å². The van der Waals surface area contributed by atoms with Crippen LogP contribution in [-0.4, -0.2) is 5.88 Å². The standard InChI is InChI=1S/C16H15Cl2F/c1-11-3-2-4-12(7-11)14(10-17)8-13-9-15(19)5-6-16(13)18/h2-7,9,14H,8,10H2,1H3. The third kappa shape index (κ3) is 3.71. The van der Waals surface area contributed by atoms with Crippen molar-refractivity contribution in [2.75, 3.05) is 5.88 Å². The Labute approximate surface area is 123 Å². The van der Waals surface area contributed by atoms with Crippen LogP contribution < -0.4 is 0 Å². The SMILES string of the molecule is Cc1cccc(C(CCl)Cc2cc(F)ccc2Cl)c1. The topological polar surface area (TPSA) is 0 Å². The van der Waals surface area contributed by atoms with Crippen LogP contribution in [0.25, 0.3) is 0 Å². The van der Waals surface area contributed by atoms with E-state index in [2.05, 4.69) is 6.07 Å². The van der Waals surface area contributed by atoms with Crippen molar-refractivity contribution in [3.05, 3.63) is 70.0 Å². The maximum absolute atomic E-state index is 13.3. The van der Waals surface area contributed by atoms with Crippen molar-refractivity contribution >= 4 is 23.2 Å². The Kier molecular flexibility index (Phi) is 4.84. The van der Waals surface area contributed by atoms with E-state index in [1.807, 2.05) is 25.1 Å². The average Bonchev–Trinajstić information content (AvgIpc) is 2.39. The van der Waals surface area contributed by atoms with Gasteiger partial charge in [-0.25, -0.2) is 4.39 Å². The smallest absolute Gasteiger partial charge is 0.123 e. The minimum absolute atomic E-state index is 0.140. The van der Waals surface area contributed by atoms with Gasteiger partial charge in [0, 0.05) is 16.8 Å². The fourth-order valence-electron chi connectivity index (χ4n) is 2.15. The van der Waals surface area contributed by atoms with E-state index in [0.717, 1.165) is 11.1 Å². The van der Waals surface area contributed by atoms with Gasteiger partial charge in [-0.2, -0.15) is 0 Å². The molecule has 0 amide bonds. The molecule has 2 aromatic carbocycles. The van der Waals surface area contributed by atoms with E-state index < -0.39 is 0 Å². The second-order valence-corrected chi connectivity index (χ2v) is 5.42. The summed E-state index contributed by atoms with van der Waals surface area (Å²) in [6.45, 7) is 2.05. The summed E-state index contributed by atoms with van der Waals surface area (Å²) < 4.78 is 13.3. The van der Waals surface area contributed by atoms with Crippen molar-refractivity contribution < 1.29 is 4.39 Å². The summed E-state index contributed by atoms with van der Waals surface area (Å²) in [5.74, 6) is 0.355. The fourth-order valence-corrected chi connectivity index (χ4v) is 2.63. The zero-order valence-electron chi connectivity index (χ0n) is 10.7. The van der Waals surface area contributed by atoms with Crippen molar-refractivity contribution in [3.63, 3.8) is 0 Å². The van der Waals surface area contributed by atoms with Crippen LogP contribution in [0.15, 0.2) is 42.5 Å². The Morgan fingerprint density at radius 2 is 1.95 bits per heavy atom. The lowest BCUT2D eigenvalue weighted by molar-refractivity contribution is 0.623. The van der Waals surface area contributed by atoms with E-state index in [1.165, 1.54) is 17.7 Å². The lowest BCUT2D eigenvalue weighted by atomic mass is 9.92. The second kappa shape index (κ2) is 6.40. The summed E-state index contributed by atoms with van der Waals surface area (Å²) >= 11 is 12.2. The highest BCUT2D eigenvalue weighted by Crippen LogP contribution is 2.27. The molecule has 0 radical (unpaired) electrons. The molecule has 2 rings (SSSR count). The minimum Gasteiger partial charge on any atom is -0.207 e. The molecule has 1 unspecified atom stereocenters. The Hall–Kier alpha value is -1.05. The Morgan fingerprint density at radius 3 is 2.63 bits per heavy atom. The van der Waals surface area contributed by atoms with Gasteiger partial charge in [-0.05, 0) is 42.7 Å². The molecule has 0 bridgehead atoms. The molecule has 0 saturated carbocycles. The maximum atomic E-state index is 13.3. The molecule has 0 saturated heterocycles. The van der Waals surface area contributed by atoms with Gasteiger partial charge in [-0.1, -0.05) is 41.4 Å². The van der Waals surface area contributed by atoms with Gasteiger partial charge in [0.1, 0.15) is 5.82 Å². The van der Waals surface area contributed by atoms with Crippen LogP contribution in [-0.2, 0) is 6.42 Å². The lowest BCUT2D eigenvalue weighted by Gasteiger charge is -2.16. The highest BCUT2D eigenvalue weighted by Gasteiger charge is 2.14. The molecule has 0 nitrogen and oxygen atoms in total. The lowest BCUT2D eigenvalue weighted by Crippen LogP contribution is -2.05. The van der Waals surface area contributed by atoms with Gasteiger partial charge in [0.2, 0.25) is 0 Å². The molecule has 1 atom stereocenters. The molecule has 0 aliphatic rings. The number of halogens is 3. The average molecular weight is 297 g/mol. The maximum Gasteiger partial charge on any atom is 0.123 e. The number of alkyl halides is 1. The zero-order chi connectivity index (χ0) is 13.8. The molecular formula is C16H15Cl2F. The first-order valence-electron chi connectivity index (χ1n) is 6.16. The van der Waals surface area contributed by atoms with E-state index in [0.29, 0.717) is 17.3 Å². The first-order valence-corrected chi connectivity index (χ1v) is 7.08. The molecule has 0 N–H and O–H groups in total. The predicted molar refractivity (Wildman–Crippen MR) is 79.8 cm³/mol. The third-order valence-corrected chi connectivity index (χ3v) is 3.92. The van der Waals surface area contributed by atoms with Gasteiger partial charge in [-0.3, -0.25) is 0 Å². The molecule has 0 spiro atoms. The molecule has 19 heavy (non-hydrogen) atoms. The molecule has 0 fully saturated rings. The fraction of sp³-hybridized carbons (Fsp3) is 0.250. The first kappa shape index (κ1) is 14.4. The summed E-state index contributed by atoms with van der Waals surface area (Å²) in [7, 11) is 0. The van der Waals surface area contributed by atoms with Crippen molar-refractivity contribution in [2.24, 2.45) is 0 Å². The summed E-state index contributed by atoms with van der Waals surface area (Å²) in [6, 6.07) is 12.7. The van der Waals surface area contributed by atoms with E-state index >= 15 is 0 Å². The van der Waals surface area contributed by atoms with Crippen LogP contribution in [0, 0.1) is 12.7 Å². The summed E-state index contributed by atoms with van der Waals surface area (Å²) in [4.78, 5) is 0. The highest BCUT2D eigenvalue weighted by atomic mass is 35.5.